The van der Waals surface area contributed by atoms with Crippen molar-refractivity contribution in [3.63, 3.8) is 0 Å². The van der Waals surface area contributed by atoms with E-state index in [1.165, 1.54) is 0 Å². The van der Waals surface area contributed by atoms with Crippen LogP contribution in [0.5, 0.6) is 0 Å². The van der Waals surface area contributed by atoms with Crippen molar-refractivity contribution in [2.24, 2.45) is 0 Å². The Labute approximate surface area is 93.5 Å². The first-order valence-corrected chi connectivity index (χ1v) is 5.67. The minimum Gasteiger partial charge on any atom is -0.396 e. The van der Waals surface area contributed by atoms with Crippen LogP contribution in [-0.4, -0.2) is 11.7 Å². The molecule has 0 aromatic carbocycles. The molecule has 0 aromatic rings. The largest absolute Gasteiger partial charge is 0.396 e. The SMILES string of the molecule is CC/C=C/C=C/C=C/C=C/CCCCO. The molecule has 0 atom stereocenters. The molecule has 0 amide bonds. The minimum absolute atomic E-state index is 0.302. The molecule has 0 saturated heterocycles. The molecule has 0 aromatic heterocycles. The fourth-order valence-electron chi connectivity index (χ4n) is 1.02. The Morgan fingerprint density at radius 2 is 1.40 bits per heavy atom. The number of aliphatic hydroxyl groups excluding tert-OH is 1. The van der Waals surface area contributed by atoms with Gasteiger partial charge < -0.3 is 5.11 Å². The van der Waals surface area contributed by atoms with Crippen molar-refractivity contribution in [1.29, 1.82) is 0 Å². The lowest BCUT2D eigenvalue weighted by molar-refractivity contribution is 0.285. The predicted octanol–water partition coefficient (Wildman–Crippen LogP) is 3.78. The standard InChI is InChI=1S/C14H22O/c1-2-3-4-5-6-7-8-9-10-11-12-13-14-15/h3-10,15H,2,11-14H2,1H3/b4-3+,6-5+,8-7+,10-9+. The summed E-state index contributed by atoms with van der Waals surface area (Å²) >= 11 is 0. The fraction of sp³-hybridized carbons (Fsp3) is 0.429. The number of hydrogen-bond donors (Lipinski definition) is 1. The van der Waals surface area contributed by atoms with Gasteiger partial charge in [0.05, 0.1) is 0 Å². The van der Waals surface area contributed by atoms with E-state index in [-0.39, 0.29) is 0 Å². The van der Waals surface area contributed by atoms with Crippen molar-refractivity contribution in [1.82, 2.24) is 0 Å². The Bertz CT molecular complexity index is 221. The van der Waals surface area contributed by atoms with Gasteiger partial charge in [-0.15, -0.1) is 0 Å². The van der Waals surface area contributed by atoms with E-state index in [4.69, 9.17) is 5.11 Å². The summed E-state index contributed by atoms with van der Waals surface area (Å²) in [6, 6.07) is 0. The summed E-state index contributed by atoms with van der Waals surface area (Å²) in [7, 11) is 0. The van der Waals surface area contributed by atoms with Gasteiger partial charge in [0.1, 0.15) is 0 Å². The van der Waals surface area contributed by atoms with E-state index in [9.17, 15) is 0 Å². The molecule has 0 spiro atoms. The van der Waals surface area contributed by atoms with Crippen LogP contribution >= 0.6 is 0 Å². The van der Waals surface area contributed by atoms with Crippen molar-refractivity contribution >= 4 is 0 Å². The van der Waals surface area contributed by atoms with Crippen molar-refractivity contribution < 1.29 is 5.11 Å². The minimum atomic E-state index is 0.302. The van der Waals surface area contributed by atoms with Crippen LogP contribution in [0.2, 0.25) is 0 Å². The first-order chi connectivity index (χ1) is 7.41. The molecular weight excluding hydrogens is 184 g/mol. The Kier molecular flexibility index (Phi) is 12.0. The molecule has 84 valence electrons. The van der Waals surface area contributed by atoms with Crippen LogP contribution in [0.3, 0.4) is 0 Å². The van der Waals surface area contributed by atoms with E-state index < -0.39 is 0 Å². The van der Waals surface area contributed by atoms with Gasteiger partial charge in [-0.3, -0.25) is 0 Å². The maximum absolute atomic E-state index is 8.56. The zero-order valence-corrected chi connectivity index (χ0v) is 9.60. The molecule has 0 aliphatic rings. The molecule has 15 heavy (non-hydrogen) atoms. The van der Waals surface area contributed by atoms with Crippen LogP contribution in [-0.2, 0) is 0 Å². The van der Waals surface area contributed by atoms with E-state index in [1.807, 2.05) is 30.4 Å². The topological polar surface area (TPSA) is 20.2 Å². The monoisotopic (exact) mass is 206 g/mol. The molecule has 0 fully saturated rings. The lowest BCUT2D eigenvalue weighted by Gasteiger charge is -1.89. The summed E-state index contributed by atoms with van der Waals surface area (Å²) in [6.45, 7) is 2.42. The molecule has 0 unspecified atom stereocenters. The molecule has 0 rings (SSSR count). The van der Waals surface area contributed by atoms with E-state index >= 15 is 0 Å². The second kappa shape index (κ2) is 12.9. The van der Waals surface area contributed by atoms with Crippen molar-refractivity contribution in [2.45, 2.75) is 32.6 Å². The van der Waals surface area contributed by atoms with Crippen molar-refractivity contribution in [3.8, 4) is 0 Å². The first-order valence-electron chi connectivity index (χ1n) is 5.67. The van der Waals surface area contributed by atoms with Gasteiger partial charge in [0.15, 0.2) is 0 Å². The van der Waals surface area contributed by atoms with Gasteiger partial charge in [-0.25, -0.2) is 0 Å². The van der Waals surface area contributed by atoms with Gasteiger partial charge in [-0.2, -0.15) is 0 Å². The second-order valence-corrected chi connectivity index (χ2v) is 3.25. The highest BCUT2D eigenvalue weighted by atomic mass is 16.2. The van der Waals surface area contributed by atoms with Crippen molar-refractivity contribution in [2.75, 3.05) is 6.61 Å². The maximum Gasteiger partial charge on any atom is 0.0431 e. The predicted molar refractivity (Wildman–Crippen MR) is 67.8 cm³/mol. The number of unbranched alkanes of at least 4 members (excludes halogenated alkanes) is 2. The Morgan fingerprint density at radius 1 is 0.800 bits per heavy atom. The summed E-state index contributed by atoms with van der Waals surface area (Å²) in [6.07, 6.45) is 20.5. The zero-order valence-electron chi connectivity index (χ0n) is 9.60. The maximum atomic E-state index is 8.56. The molecule has 0 aliphatic carbocycles. The van der Waals surface area contributed by atoms with Crippen LogP contribution in [0, 0.1) is 0 Å². The van der Waals surface area contributed by atoms with E-state index in [1.54, 1.807) is 0 Å². The third kappa shape index (κ3) is 12.9. The summed E-state index contributed by atoms with van der Waals surface area (Å²) in [5, 5.41) is 8.56. The smallest absolute Gasteiger partial charge is 0.0431 e. The average molecular weight is 206 g/mol. The van der Waals surface area contributed by atoms with E-state index in [0.717, 1.165) is 25.7 Å². The average Bonchev–Trinajstić information content (AvgIpc) is 2.26. The van der Waals surface area contributed by atoms with Gasteiger partial charge in [-0.05, 0) is 25.7 Å². The number of aliphatic hydroxyl groups is 1. The quantitative estimate of drug-likeness (QED) is 0.473. The third-order valence-corrected chi connectivity index (χ3v) is 1.84. The van der Waals surface area contributed by atoms with Gasteiger partial charge in [0.25, 0.3) is 0 Å². The summed E-state index contributed by atoms with van der Waals surface area (Å²) in [5.41, 5.74) is 0. The zero-order chi connectivity index (χ0) is 11.2. The highest BCUT2D eigenvalue weighted by Crippen LogP contribution is 1.95. The van der Waals surface area contributed by atoms with Crippen LogP contribution in [0.15, 0.2) is 48.6 Å². The normalized spacial score (nSPS) is 12.9. The Morgan fingerprint density at radius 3 is 2.00 bits per heavy atom. The number of rotatable bonds is 8. The summed E-state index contributed by atoms with van der Waals surface area (Å²) in [5.74, 6) is 0. The van der Waals surface area contributed by atoms with E-state index in [2.05, 4.69) is 25.2 Å². The molecule has 0 saturated carbocycles. The molecule has 0 aliphatic heterocycles. The van der Waals surface area contributed by atoms with Gasteiger partial charge in [0.2, 0.25) is 0 Å². The second-order valence-electron chi connectivity index (χ2n) is 3.25. The van der Waals surface area contributed by atoms with Crippen LogP contribution in [0.25, 0.3) is 0 Å². The number of hydrogen-bond acceptors (Lipinski definition) is 1. The number of allylic oxidation sites excluding steroid dienone is 8. The highest BCUT2D eigenvalue weighted by Gasteiger charge is 1.80. The molecule has 1 N–H and O–H groups in total. The van der Waals surface area contributed by atoms with Crippen LogP contribution < -0.4 is 0 Å². The van der Waals surface area contributed by atoms with Gasteiger partial charge >= 0.3 is 0 Å². The van der Waals surface area contributed by atoms with Gasteiger partial charge in [0, 0.05) is 6.61 Å². The highest BCUT2D eigenvalue weighted by molar-refractivity contribution is 5.15. The van der Waals surface area contributed by atoms with Crippen LogP contribution in [0.4, 0.5) is 0 Å². The fourth-order valence-corrected chi connectivity index (χ4v) is 1.02. The van der Waals surface area contributed by atoms with Crippen molar-refractivity contribution in [3.05, 3.63) is 48.6 Å². The molecular formula is C14H22O. The molecule has 0 radical (unpaired) electrons. The van der Waals surface area contributed by atoms with Crippen LogP contribution in [0.1, 0.15) is 32.6 Å². The van der Waals surface area contributed by atoms with Gasteiger partial charge in [-0.1, -0.05) is 55.5 Å². The van der Waals surface area contributed by atoms with E-state index in [0.29, 0.717) is 6.61 Å². The lowest BCUT2D eigenvalue weighted by Crippen LogP contribution is -1.79. The molecule has 1 nitrogen and oxygen atoms in total. The molecule has 0 heterocycles. The Hall–Kier alpha value is -1.08. The lowest BCUT2D eigenvalue weighted by atomic mass is 10.2. The molecule has 1 heteroatoms. The third-order valence-electron chi connectivity index (χ3n) is 1.84. The molecule has 0 bridgehead atoms. The first kappa shape index (κ1) is 13.9. The Balaban J connectivity index is 3.44. The summed E-state index contributed by atoms with van der Waals surface area (Å²) < 4.78 is 0. The summed E-state index contributed by atoms with van der Waals surface area (Å²) in [4.78, 5) is 0.